The average molecular weight is 599 g/mol. The Morgan fingerprint density at radius 1 is 1.10 bits per heavy atom. The van der Waals surface area contributed by atoms with E-state index in [1.165, 1.54) is 11.4 Å². The summed E-state index contributed by atoms with van der Waals surface area (Å²) in [6, 6.07) is 11.2. The van der Waals surface area contributed by atoms with Crippen LogP contribution in [0.1, 0.15) is 57.4 Å². The Balaban J connectivity index is 1.77. The van der Waals surface area contributed by atoms with E-state index < -0.39 is 16.1 Å². The van der Waals surface area contributed by atoms with Gasteiger partial charge in [0.2, 0.25) is 21.8 Å². The lowest BCUT2D eigenvalue weighted by Crippen LogP contribution is -2.51. The second-order valence-electron chi connectivity index (χ2n) is 9.81. The van der Waals surface area contributed by atoms with Crippen LogP contribution in [0.3, 0.4) is 0 Å². The molecule has 0 bridgehead atoms. The largest absolute Gasteiger partial charge is 0.497 e. The van der Waals surface area contributed by atoms with E-state index in [0.717, 1.165) is 31.9 Å². The first-order valence-electron chi connectivity index (χ1n) is 13.2. The summed E-state index contributed by atoms with van der Waals surface area (Å²) in [6.45, 7) is 2.12. The molecule has 1 aliphatic carbocycles. The van der Waals surface area contributed by atoms with E-state index in [9.17, 15) is 18.0 Å². The van der Waals surface area contributed by atoms with Crippen LogP contribution in [0, 0.1) is 0 Å². The van der Waals surface area contributed by atoms with Gasteiger partial charge >= 0.3 is 0 Å². The van der Waals surface area contributed by atoms with E-state index in [-0.39, 0.29) is 43.8 Å². The van der Waals surface area contributed by atoms with Crippen molar-refractivity contribution in [3.05, 3.63) is 58.1 Å². The SMILES string of the molecule is CC[C@@H](C(=O)NC1CCCC1)N(Cc1ccc(Cl)cc1Cl)C(=O)CCCN(c1ccc(OC)cc1)S(C)(=O)=O. The van der Waals surface area contributed by atoms with Gasteiger partial charge in [-0.2, -0.15) is 0 Å². The highest BCUT2D eigenvalue weighted by molar-refractivity contribution is 7.92. The molecular weight excluding hydrogens is 561 g/mol. The zero-order valence-corrected chi connectivity index (χ0v) is 25.0. The van der Waals surface area contributed by atoms with Gasteiger partial charge in [-0.05, 0) is 67.6 Å². The van der Waals surface area contributed by atoms with Gasteiger partial charge in [-0.1, -0.05) is 49.0 Å². The molecular formula is C28H37Cl2N3O5S. The number of sulfonamides is 1. The van der Waals surface area contributed by atoms with Crippen LogP contribution >= 0.6 is 23.2 Å². The van der Waals surface area contributed by atoms with E-state index in [1.54, 1.807) is 47.4 Å². The van der Waals surface area contributed by atoms with Gasteiger partial charge < -0.3 is 15.0 Å². The number of carbonyl (C=O) groups is 2. The molecule has 0 unspecified atom stereocenters. The Labute approximate surface area is 241 Å². The summed E-state index contributed by atoms with van der Waals surface area (Å²) in [7, 11) is -2.05. The highest BCUT2D eigenvalue weighted by Crippen LogP contribution is 2.26. The van der Waals surface area contributed by atoms with Crippen LogP contribution in [0.25, 0.3) is 0 Å². The second-order valence-corrected chi connectivity index (χ2v) is 12.6. The lowest BCUT2D eigenvalue weighted by atomic mass is 10.1. The van der Waals surface area contributed by atoms with Crippen molar-refractivity contribution >= 4 is 50.7 Å². The summed E-state index contributed by atoms with van der Waals surface area (Å²) in [6.07, 6.45) is 5.92. The number of nitrogens with zero attached hydrogens (tertiary/aromatic N) is 2. The normalized spacial score (nSPS) is 14.6. The first-order chi connectivity index (χ1) is 18.5. The van der Waals surface area contributed by atoms with Gasteiger partial charge in [-0.15, -0.1) is 0 Å². The van der Waals surface area contributed by atoms with E-state index >= 15 is 0 Å². The molecule has 0 heterocycles. The van der Waals surface area contributed by atoms with Gasteiger partial charge in [0.05, 0.1) is 19.1 Å². The number of halogens is 2. The zero-order chi connectivity index (χ0) is 28.6. The molecule has 1 saturated carbocycles. The van der Waals surface area contributed by atoms with Gasteiger partial charge in [-0.3, -0.25) is 13.9 Å². The minimum absolute atomic E-state index is 0.0561. The Kier molecular flexibility index (Phi) is 11.3. The molecule has 0 saturated heterocycles. The van der Waals surface area contributed by atoms with Crippen LogP contribution in [-0.4, -0.2) is 57.1 Å². The number of benzene rings is 2. The third kappa shape index (κ3) is 8.75. The molecule has 0 spiro atoms. The van der Waals surface area contributed by atoms with Crippen molar-refractivity contribution in [2.75, 3.05) is 24.2 Å². The van der Waals surface area contributed by atoms with Crippen molar-refractivity contribution < 1.29 is 22.7 Å². The van der Waals surface area contributed by atoms with Crippen LogP contribution in [0.2, 0.25) is 10.0 Å². The van der Waals surface area contributed by atoms with E-state index in [0.29, 0.717) is 33.5 Å². The van der Waals surface area contributed by atoms with E-state index in [4.69, 9.17) is 27.9 Å². The summed E-state index contributed by atoms with van der Waals surface area (Å²) in [5.41, 5.74) is 1.16. The molecule has 2 amide bonds. The monoisotopic (exact) mass is 597 g/mol. The molecule has 1 aliphatic rings. The number of ether oxygens (including phenoxy) is 1. The van der Waals surface area contributed by atoms with Gasteiger partial charge in [-0.25, -0.2) is 8.42 Å². The number of anilines is 1. The smallest absolute Gasteiger partial charge is 0.243 e. The first-order valence-corrected chi connectivity index (χ1v) is 15.8. The Morgan fingerprint density at radius 2 is 1.77 bits per heavy atom. The third-order valence-corrected chi connectivity index (χ3v) is 8.74. The van der Waals surface area contributed by atoms with Crippen LogP contribution in [0.4, 0.5) is 5.69 Å². The predicted molar refractivity (Wildman–Crippen MR) is 156 cm³/mol. The third-order valence-electron chi connectivity index (χ3n) is 6.96. The zero-order valence-electron chi connectivity index (χ0n) is 22.7. The first kappa shape index (κ1) is 31.0. The van der Waals surface area contributed by atoms with Gasteiger partial charge in [0.1, 0.15) is 11.8 Å². The second kappa shape index (κ2) is 14.2. The number of amides is 2. The molecule has 0 aliphatic heterocycles. The van der Waals surface area contributed by atoms with Crippen LogP contribution in [0.5, 0.6) is 5.75 Å². The molecule has 2 aromatic carbocycles. The van der Waals surface area contributed by atoms with Crippen molar-refractivity contribution in [3.8, 4) is 5.75 Å². The maximum Gasteiger partial charge on any atom is 0.243 e. The number of rotatable bonds is 13. The average Bonchev–Trinajstić information content (AvgIpc) is 3.40. The number of nitrogens with one attached hydrogen (secondary N) is 1. The fraction of sp³-hybridized carbons (Fsp3) is 0.500. The predicted octanol–water partition coefficient (Wildman–Crippen LogP) is 5.41. The topological polar surface area (TPSA) is 96.0 Å². The van der Waals surface area contributed by atoms with Crippen LogP contribution in [-0.2, 0) is 26.2 Å². The maximum atomic E-state index is 13.6. The van der Waals surface area contributed by atoms with Crippen molar-refractivity contribution in [1.29, 1.82) is 0 Å². The van der Waals surface area contributed by atoms with Crippen LogP contribution < -0.4 is 14.4 Å². The van der Waals surface area contributed by atoms with Crippen molar-refractivity contribution in [2.24, 2.45) is 0 Å². The minimum Gasteiger partial charge on any atom is -0.497 e. The lowest BCUT2D eigenvalue weighted by molar-refractivity contribution is -0.141. The van der Waals surface area contributed by atoms with E-state index in [1.807, 2.05) is 6.92 Å². The molecule has 3 rings (SSSR count). The summed E-state index contributed by atoms with van der Waals surface area (Å²) in [5, 5.41) is 4.01. The molecule has 2 aromatic rings. The highest BCUT2D eigenvalue weighted by Gasteiger charge is 2.31. The Hall–Kier alpha value is -2.49. The van der Waals surface area contributed by atoms with Crippen molar-refractivity contribution in [3.63, 3.8) is 0 Å². The van der Waals surface area contributed by atoms with Crippen molar-refractivity contribution in [2.45, 2.75) is 70.5 Å². The molecule has 0 radical (unpaired) electrons. The fourth-order valence-corrected chi connectivity index (χ4v) is 6.31. The summed E-state index contributed by atoms with van der Waals surface area (Å²) < 4.78 is 31.5. The molecule has 1 N–H and O–H groups in total. The number of carbonyl (C=O) groups excluding carboxylic acids is 2. The molecule has 11 heteroatoms. The summed E-state index contributed by atoms with van der Waals surface area (Å²) in [4.78, 5) is 28.5. The molecule has 1 atom stereocenters. The standard InChI is InChI=1S/C28H37Cl2N3O5S/c1-4-26(28(35)31-22-8-5-6-9-22)32(19-20-11-12-21(29)18-25(20)30)27(34)10-7-17-33(39(3,36)37)23-13-15-24(38-2)16-14-23/h11-16,18,22,26H,4-10,17,19H2,1-3H3,(H,31,35)/t26-/m0/s1. The Morgan fingerprint density at radius 3 is 2.33 bits per heavy atom. The number of methoxy groups -OCH3 is 1. The minimum atomic E-state index is -3.59. The Bertz CT molecular complexity index is 1230. The van der Waals surface area contributed by atoms with E-state index in [2.05, 4.69) is 5.32 Å². The fourth-order valence-electron chi connectivity index (χ4n) is 4.87. The highest BCUT2D eigenvalue weighted by atomic mass is 35.5. The van der Waals surface area contributed by atoms with Crippen LogP contribution in [0.15, 0.2) is 42.5 Å². The van der Waals surface area contributed by atoms with Gasteiger partial charge in [0.25, 0.3) is 0 Å². The molecule has 39 heavy (non-hydrogen) atoms. The summed E-state index contributed by atoms with van der Waals surface area (Å²) >= 11 is 12.5. The molecule has 1 fully saturated rings. The molecule has 8 nitrogen and oxygen atoms in total. The number of hydrogen-bond acceptors (Lipinski definition) is 5. The van der Waals surface area contributed by atoms with Gasteiger partial charge in [0.15, 0.2) is 0 Å². The van der Waals surface area contributed by atoms with Gasteiger partial charge in [0, 0.05) is 35.6 Å². The lowest BCUT2D eigenvalue weighted by Gasteiger charge is -2.32. The summed E-state index contributed by atoms with van der Waals surface area (Å²) in [5.74, 6) is 0.178. The molecule has 0 aromatic heterocycles. The number of hydrogen-bond donors (Lipinski definition) is 1. The quantitative estimate of drug-likeness (QED) is 0.333. The molecule has 214 valence electrons. The maximum absolute atomic E-state index is 13.6. The van der Waals surface area contributed by atoms with Crippen molar-refractivity contribution in [1.82, 2.24) is 10.2 Å².